The average molecular weight is 317 g/mol. The smallest absolute Gasteiger partial charge is 0.272 e. The molecule has 0 spiro atoms. The van der Waals surface area contributed by atoms with Gasteiger partial charge >= 0.3 is 0 Å². The van der Waals surface area contributed by atoms with E-state index in [0.29, 0.717) is 30.2 Å². The molecule has 122 valence electrons. The third kappa shape index (κ3) is 2.99. The highest BCUT2D eigenvalue weighted by molar-refractivity contribution is 5.94. The molecular weight excluding hydrogens is 297 g/mol. The lowest BCUT2D eigenvalue weighted by molar-refractivity contribution is -0.0252. The molecule has 1 amide bonds. The highest BCUT2D eigenvalue weighted by Crippen LogP contribution is 2.22. The van der Waals surface area contributed by atoms with Crippen LogP contribution in [0.5, 0.6) is 0 Å². The van der Waals surface area contributed by atoms with Gasteiger partial charge in [-0.3, -0.25) is 9.89 Å². The number of aromatic nitrogens is 2. The number of aromatic amines is 1. The van der Waals surface area contributed by atoms with Gasteiger partial charge in [-0.25, -0.2) is 4.39 Å². The summed E-state index contributed by atoms with van der Waals surface area (Å²) in [5.74, 6) is -0.345. The first-order chi connectivity index (χ1) is 11.0. The van der Waals surface area contributed by atoms with Gasteiger partial charge in [-0.1, -0.05) is 0 Å². The fourth-order valence-electron chi connectivity index (χ4n) is 2.93. The molecule has 1 fully saturated rings. The first-order valence-electron chi connectivity index (χ1n) is 7.69. The number of rotatable bonds is 2. The Morgan fingerprint density at radius 1 is 1.30 bits per heavy atom. The maximum Gasteiger partial charge on any atom is 0.272 e. The third-order valence-corrected chi connectivity index (χ3v) is 4.16. The van der Waals surface area contributed by atoms with Crippen LogP contribution in [0.25, 0.3) is 11.3 Å². The zero-order chi connectivity index (χ0) is 16.6. The van der Waals surface area contributed by atoms with Crippen molar-refractivity contribution in [3.63, 3.8) is 0 Å². The summed E-state index contributed by atoms with van der Waals surface area (Å²) in [5.41, 5.74) is 2.39. The largest absolute Gasteiger partial charge is 0.377 e. The molecule has 0 saturated carbocycles. The molecule has 2 heterocycles. The first kappa shape index (κ1) is 15.7. The zero-order valence-electron chi connectivity index (χ0n) is 13.5. The Morgan fingerprint density at radius 2 is 2.00 bits per heavy atom. The standard InChI is InChI=1S/C17H20FN3O2/c1-10-6-13(4-5-14(10)18)15-7-16(20-19-15)17(22)21-11(2)8-23-9-12(21)3/h4-7,11-12H,8-9H2,1-3H3,(H,19,20). The van der Waals surface area contributed by atoms with E-state index in [1.807, 2.05) is 18.7 Å². The molecule has 0 bridgehead atoms. The molecule has 1 aliphatic rings. The Morgan fingerprint density at radius 3 is 2.65 bits per heavy atom. The fourth-order valence-corrected chi connectivity index (χ4v) is 2.93. The minimum atomic E-state index is -0.253. The Hall–Kier alpha value is -2.21. The van der Waals surface area contributed by atoms with Crippen molar-refractivity contribution in [1.82, 2.24) is 15.1 Å². The molecule has 2 unspecified atom stereocenters. The minimum absolute atomic E-state index is 0.0195. The van der Waals surface area contributed by atoms with Crippen molar-refractivity contribution in [2.45, 2.75) is 32.9 Å². The van der Waals surface area contributed by atoms with Gasteiger partial charge in [0.25, 0.3) is 5.91 Å². The number of nitrogens with zero attached hydrogens (tertiary/aromatic N) is 2. The molecule has 1 aliphatic heterocycles. The molecule has 0 aliphatic carbocycles. The molecule has 2 atom stereocenters. The maximum atomic E-state index is 13.4. The number of H-pyrrole nitrogens is 1. The van der Waals surface area contributed by atoms with E-state index < -0.39 is 0 Å². The van der Waals surface area contributed by atoms with Crippen molar-refractivity contribution in [3.05, 3.63) is 41.3 Å². The van der Waals surface area contributed by atoms with Gasteiger partial charge in [0, 0.05) is 5.56 Å². The second-order valence-electron chi connectivity index (χ2n) is 6.08. The van der Waals surface area contributed by atoms with Crippen LogP contribution in [-0.4, -0.2) is 46.3 Å². The summed E-state index contributed by atoms with van der Waals surface area (Å²) in [5, 5.41) is 7.00. The van der Waals surface area contributed by atoms with E-state index in [1.165, 1.54) is 6.07 Å². The van der Waals surface area contributed by atoms with Crippen LogP contribution in [0, 0.1) is 12.7 Å². The van der Waals surface area contributed by atoms with Crippen molar-refractivity contribution < 1.29 is 13.9 Å². The predicted molar refractivity (Wildman–Crippen MR) is 84.6 cm³/mol. The van der Waals surface area contributed by atoms with Crippen LogP contribution >= 0.6 is 0 Å². The number of morpholine rings is 1. The molecule has 3 rings (SSSR count). The molecule has 1 aromatic heterocycles. The van der Waals surface area contributed by atoms with Crippen molar-refractivity contribution in [1.29, 1.82) is 0 Å². The number of halogens is 1. The van der Waals surface area contributed by atoms with Gasteiger partial charge in [-0.15, -0.1) is 0 Å². The Labute approximate surface area is 134 Å². The van der Waals surface area contributed by atoms with Gasteiger partial charge in [-0.05, 0) is 50.6 Å². The van der Waals surface area contributed by atoms with Crippen LogP contribution in [-0.2, 0) is 4.74 Å². The molecule has 23 heavy (non-hydrogen) atoms. The summed E-state index contributed by atoms with van der Waals surface area (Å²) in [7, 11) is 0. The topological polar surface area (TPSA) is 58.2 Å². The lowest BCUT2D eigenvalue weighted by Gasteiger charge is -2.38. The number of nitrogens with one attached hydrogen (secondary N) is 1. The Kier molecular flexibility index (Phi) is 4.17. The Balaban J connectivity index is 1.86. The van der Waals surface area contributed by atoms with E-state index >= 15 is 0 Å². The van der Waals surface area contributed by atoms with Crippen LogP contribution < -0.4 is 0 Å². The van der Waals surface area contributed by atoms with Crippen molar-refractivity contribution >= 4 is 5.91 Å². The van der Waals surface area contributed by atoms with Gasteiger partial charge < -0.3 is 9.64 Å². The van der Waals surface area contributed by atoms with Crippen LogP contribution in [0.3, 0.4) is 0 Å². The number of aryl methyl sites for hydroxylation is 1. The second-order valence-corrected chi connectivity index (χ2v) is 6.08. The van der Waals surface area contributed by atoms with Gasteiger partial charge in [-0.2, -0.15) is 5.10 Å². The van der Waals surface area contributed by atoms with E-state index in [0.717, 1.165) is 5.56 Å². The lowest BCUT2D eigenvalue weighted by atomic mass is 10.1. The van der Waals surface area contributed by atoms with E-state index in [-0.39, 0.29) is 23.8 Å². The number of hydrogen-bond donors (Lipinski definition) is 1. The summed E-state index contributed by atoms with van der Waals surface area (Å²) in [4.78, 5) is 14.5. The van der Waals surface area contributed by atoms with E-state index in [1.54, 1.807) is 25.1 Å². The van der Waals surface area contributed by atoms with Gasteiger partial charge in [0.05, 0.1) is 31.0 Å². The third-order valence-electron chi connectivity index (χ3n) is 4.16. The van der Waals surface area contributed by atoms with Gasteiger partial charge in [0.2, 0.25) is 0 Å². The van der Waals surface area contributed by atoms with E-state index in [4.69, 9.17) is 4.74 Å². The number of carbonyl (C=O) groups excluding carboxylic acids is 1. The highest BCUT2D eigenvalue weighted by atomic mass is 19.1. The van der Waals surface area contributed by atoms with Crippen LogP contribution in [0.4, 0.5) is 4.39 Å². The number of hydrogen-bond acceptors (Lipinski definition) is 3. The zero-order valence-corrected chi connectivity index (χ0v) is 13.5. The molecule has 1 N–H and O–H groups in total. The SMILES string of the molecule is Cc1cc(-c2cc(C(=O)N3C(C)COCC3C)[nH]n2)ccc1F. The van der Waals surface area contributed by atoms with Crippen LogP contribution in [0.2, 0.25) is 0 Å². The monoisotopic (exact) mass is 317 g/mol. The highest BCUT2D eigenvalue weighted by Gasteiger charge is 2.31. The summed E-state index contributed by atoms with van der Waals surface area (Å²) in [6.07, 6.45) is 0. The summed E-state index contributed by atoms with van der Waals surface area (Å²) >= 11 is 0. The van der Waals surface area contributed by atoms with E-state index in [9.17, 15) is 9.18 Å². The predicted octanol–water partition coefficient (Wildman–Crippen LogP) is 2.77. The molecule has 0 radical (unpaired) electrons. The van der Waals surface area contributed by atoms with Crippen molar-refractivity contribution in [2.75, 3.05) is 13.2 Å². The molecule has 6 heteroatoms. The van der Waals surface area contributed by atoms with Crippen molar-refractivity contribution in [2.24, 2.45) is 0 Å². The minimum Gasteiger partial charge on any atom is -0.377 e. The normalized spacial score (nSPS) is 21.5. The summed E-state index contributed by atoms with van der Waals surface area (Å²) < 4.78 is 18.8. The number of amides is 1. The Bertz CT molecular complexity index is 718. The quantitative estimate of drug-likeness (QED) is 0.926. The first-order valence-corrected chi connectivity index (χ1v) is 7.69. The van der Waals surface area contributed by atoms with Crippen molar-refractivity contribution in [3.8, 4) is 11.3 Å². The van der Waals surface area contributed by atoms with Gasteiger partial charge in [0.1, 0.15) is 11.5 Å². The molecule has 1 aromatic carbocycles. The maximum absolute atomic E-state index is 13.4. The number of carbonyl (C=O) groups is 1. The van der Waals surface area contributed by atoms with Crippen LogP contribution in [0.15, 0.2) is 24.3 Å². The number of benzene rings is 1. The average Bonchev–Trinajstić information content (AvgIpc) is 2.99. The molecule has 2 aromatic rings. The fraction of sp³-hybridized carbons (Fsp3) is 0.412. The number of ether oxygens (including phenoxy) is 1. The lowest BCUT2D eigenvalue weighted by Crippen LogP contribution is -2.52. The summed E-state index contributed by atoms with van der Waals surface area (Å²) in [6.45, 7) is 6.71. The van der Waals surface area contributed by atoms with Gasteiger partial charge in [0.15, 0.2) is 0 Å². The summed E-state index contributed by atoms with van der Waals surface area (Å²) in [6, 6.07) is 6.54. The molecular formula is C17H20FN3O2. The van der Waals surface area contributed by atoms with E-state index in [2.05, 4.69) is 10.2 Å². The molecule has 5 nitrogen and oxygen atoms in total. The molecule has 1 saturated heterocycles. The van der Waals surface area contributed by atoms with Crippen LogP contribution in [0.1, 0.15) is 29.9 Å². The second kappa shape index (κ2) is 6.12.